The number of ether oxygens (including phenoxy) is 1. The predicted octanol–water partition coefficient (Wildman–Crippen LogP) is 1.61. The molecule has 0 aliphatic rings. The number of nitrogens with two attached hydrogens (primary N) is 1. The van der Waals surface area contributed by atoms with Crippen LogP contribution in [0.1, 0.15) is 29.9 Å². The fourth-order valence-electron chi connectivity index (χ4n) is 1.72. The molecule has 1 aromatic heterocycles. The van der Waals surface area contributed by atoms with Gasteiger partial charge in [-0.25, -0.2) is 17.9 Å². The van der Waals surface area contributed by atoms with Gasteiger partial charge in [0.1, 0.15) is 4.88 Å². The smallest absolute Gasteiger partial charge is 0.348 e. The molecule has 6 nitrogen and oxygen atoms in total. The van der Waals surface area contributed by atoms with Gasteiger partial charge in [-0.1, -0.05) is 13.8 Å². The predicted molar refractivity (Wildman–Crippen MR) is 85.5 cm³/mol. The van der Waals surface area contributed by atoms with Crippen molar-refractivity contribution in [2.75, 3.05) is 13.7 Å². The zero-order valence-corrected chi connectivity index (χ0v) is 14.6. The lowest BCUT2D eigenvalue weighted by atomic mass is 10.1. The normalized spacial score (nSPS) is 12.8. The number of sulfonamides is 1. The van der Waals surface area contributed by atoms with Crippen molar-refractivity contribution in [3.63, 3.8) is 0 Å². The number of rotatable bonds is 7. The van der Waals surface area contributed by atoms with Crippen LogP contribution in [0.2, 0.25) is 0 Å². The molecule has 0 spiro atoms. The third kappa shape index (κ3) is 5.91. The molecule has 21 heavy (non-hydrogen) atoms. The first-order valence-corrected chi connectivity index (χ1v) is 8.55. The molecule has 1 aromatic rings. The summed E-state index contributed by atoms with van der Waals surface area (Å²) in [6.07, 6.45) is 0.656. The summed E-state index contributed by atoms with van der Waals surface area (Å²) in [5.41, 5.74) is 5.58. The highest BCUT2D eigenvalue weighted by Crippen LogP contribution is 2.20. The van der Waals surface area contributed by atoms with Crippen molar-refractivity contribution in [2.45, 2.75) is 31.2 Å². The van der Waals surface area contributed by atoms with E-state index in [-0.39, 0.29) is 34.8 Å². The van der Waals surface area contributed by atoms with Gasteiger partial charge in [-0.15, -0.1) is 23.7 Å². The maximum atomic E-state index is 12.2. The summed E-state index contributed by atoms with van der Waals surface area (Å²) < 4.78 is 31.5. The highest BCUT2D eigenvalue weighted by atomic mass is 35.5. The molecular weight excluding hydrogens is 336 g/mol. The molecule has 9 heteroatoms. The summed E-state index contributed by atoms with van der Waals surface area (Å²) in [5, 5.41) is 1.41. The molecule has 0 saturated carbocycles. The van der Waals surface area contributed by atoms with Gasteiger partial charge in [-0.2, -0.15) is 0 Å². The van der Waals surface area contributed by atoms with Gasteiger partial charge in [0.05, 0.1) is 12.0 Å². The van der Waals surface area contributed by atoms with Crippen LogP contribution in [0.3, 0.4) is 0 Å². The number of thiophene rings is 1. The molecule has 1 heterocycles. The van der Waals surface area contributed by atoms with Crippen molar-refractivity contribution in [3.05, 3.63) is 16.3 Å². The van der Waals surface area contributed by atoms with Crippen molar-refractivity contribution >= 4 is 39.7 Å². The molecular formula is C12H21ClN2O4S2. The van der Waals surface area contributed by atoms with E-state index in [4.69, 9.17) is 5.73 Å². The summed E-state index contributed by atoms with van der Waals surface area (Å²) in [5.74, 6) is -0.214. The summed E-state index contributed by atoms with van der Waals surface area (Å²) >= 11 is 1.03. The Morgan fingerprint density at radius 2 is 2.10 bits per heavy atom. The van der Waals surface area contributed by atoms with E-state index in [1.807, 2.05) is 13.8 Å². The summed E-state index contributed by atoms with van der Waals surface area (Å²) in [6, 6.07) is 0.989. The van der Waals surface area contributed by atoms with Gasteiger partial charge < -0.3 is 10.5 Å². The minimum atomic E-state index is -3.67. The van der Waals surface area contributed by atoms with Gasteiger partial charge in [0.15, 0.2) is 0 Å². The fraction of sp³-hybridized carbons (Fsp3) is 0.583. The number of nitrogens with one attached hydrogen (secondary N) is 1. The molecule has 0 radical (unpaired) electrons. The van der Waals surface area contributed by atoms with Crippen LogP contribution in [0.15, 0.2) is 16.3 Å². The van der Waals surface area contributed by atoms with Gasteiger partial charge in [-0.05, 0) is 18.4 Å². The molecule has 0 fully saturated rings. The van der Waals surface area contributed by atoms with Crippen molar-refractivity contribution in [1.82, 2.24) is 4.72 Å². The van der Waals surface area contributed by atoms with Crippen molar-refractivity contribution < 1.29 is 17.9 Å². The Kier molecular flexibility index (Phi) is 8.42. The molecule has 1 atom stereocenters. The van der Waals surface area contributed by atoms with Crippen LogP contribution >= 0.6 is 23.7 Å². The van der Waals surface area contributed by atoms with E-state index in [0.717, 1.165) is 11.3 Å². The first-order chi connectivity index (χ1) is 9.30. The summed E-state index contributed by atoms with van der Waals surface area (Å²) in [6.45, 7) is 4.22. The van der Waals surface area contributed by atoms with Crippen molar-refractivity contribution in [3.8, 4) is 0 Å². The van der Waals surface area contributed by atoms with Gasteiger partial charge in [0.25, 0.3) is 0 Å². The number of carbonyl (C=O) groups excluding carboxylic acids is 1. The number of methoxy groups -OCH3 is 1. The third-order valence-corrected chi connectivity index (χ3v) is 5.19. The number of carbonyl (C=O) groups is 1. The van der Waals surface area contributed by atoms with Gasteiger partial charge in [-0.3, -0.25) is 0 Å². The highest BCUT2D eigenvalue weighted by Gasteiger charge is 2.22. The number of halogens is 1. The Morgan fingerprint density at radius 3 is 2.57 bits per heavy atom. The van der Waals surface area contributed by atoms with E-state index in [0.29, 0.717) is 12.3 Å². The average molecular weight is 357 g/mol. The summed E-state index contributed by atoms with van der Waals surface area (Å²) in [7, 11) is -2.41. The number of hydrogen-bond donors (Lipinski definition) is 2. The first kappa shape index (κ1) is 20.3. The number of esters is 1. The number of hydrogen-bond acceptors (Lipinski definition) is 6. The van der Waals surface area contributed by atoms with Crippen LogP contribution in [0, 0.1) is 5.92 Å². The van der Waals surface area contributed by atoms with Crippen LogP contribution in [0.4, 0.5) is 0 Å². The summed E-state index contributed by atoms with van der Waals surface area (Å²) in [4.78, 5) is 11.6. The molecule has 3 N–H and O–H groups in total. The second-order valence-electron chi connectivity index (χ2n) is 4.82. The average Bonchev–Trinajstić information content (AvgIpc) is 2.86. The van der Waals surface area contributed by atoms with Crippen molar-refractivity contribution in [1.29, 1.82) is 0 Å². The Hall–Kier alpha value is -0.670. The molecule has 0 saturated heterocycles. The van der Waals surface area contributed by atoms with Crippen LogP contribution in [0.25, 0.3) is 0 Å². The highest BCUT2D eigenvalue weighted by molar-refractivity contribution is 7.89. The Bertz CT molecular complexity index is 557. The van der Waals surface area contributed by atoms with Crippen LogP contribution in [0.5, 0.6) is 0 Å². The Balaban J connectivity index is 0.00000400. The SMILES string of the molecule is COC(=O)c1cc(S(=O)(=O)NC(CN)CC(C)C)cs1.Cl. The van der Waals surface area contributed by atoms with Gasteiger partial charge in [0, 0.05) is 18.0 Å². The molecule has 0 amide bonds. The molecule has 0 bridgehead atoms. The van der Waals surface area contributed by atoms with E-state index >= 15 is 0 Å². The monoisotopic (exact) mass is 356 g/mol. The molecule has 0 aromatic carbocycles. The van der Waals surface area contributed by atoms with E-state index in [1.54, 1.807) is 0 Å². The molecule has 1 rings (SSSR count). The minimum Gasteiger partial charge on any atom is -0.465 e. The first-order valence-electron chi connectivity index (χ1n) is 6.19. The van der Waals surface area contributed by atoms with Gasteiger partial charge in [0.2, 0.25) is 10.0 Å². The Labute approximate surface area is 135 Å². The zero-order chi connectivity index (χ0) is 15.3. The molecule has 0 aliphatic carbocycles. The minimum absolute atomic E-state index is 0. The standard InChI is InChI=1S/C12H20N2O4S2.ClH/c1-8(2)4-9(6-13)14-20(16,17)10-5-11(19-7-10)12(15)18-3;/h5,7-9,14H,4,6,13H2,1-3H3;1H. The second kappa shape index (κ2) is 8.70. The maximum absolute atomic E-state index is 12.2. The maximum Gasteiger partial charge on any atom is 0.348 e. The fourth-order valence-corrected chi connectivity index (χ4v) is 4.17. The molecule has 122 valence electrons. The topological polar surface area (TPSA) is 98.5 Å². The lowest BCUT2D eigenvalue weighted by Gasteiger charge is -2.18. The largest absolute Gasteiger partial charge is 0.465 e. The van der Waals surface area contributed by atoms with Crippen LogP contribution in [-0.4, -0.2) is 34.1 Å². The third-order valence-electron chi connectivity index (χ3n) is 2.63. The van der Waals surface area contributed by atoms with Crippen LogP contribution < -0.4 is 10.5 Å². The van der Waals surface area contributed by atoms with E-state index in [2.05, 4.69) is 9.46 Å². The van der Waals surface area contributed by atoms with Gasteiger partial charge >= 0.3 is 5.97 Å². The quantitative estimate of drug-likeness (QED) is 0.723. The lowest BCUT2D eigenvalue weighted by Crippen LogP contribution is -2.40. The van der Waals surface area contributed by atoms with Crippen molar-refractivity contribution in [2.24, 2.45) is 11.7 Å². The molecule has 0 aliphatic heterocycles. The van der Waals surface area contributed by atoms with E-state index in [9.17, 15) is 13.2 Å². The van der Waals surface area contributed by atoms with E-state index in [1.165, 1.54) is 18.6 Å². The van der Waals surface area contributed by atoms with Crippen LogP contribution in [-0.2, 0) is 14.8 Å². The zero-order valence-electron chi connectivity index (χ0n) is 12.2. The molecule has 1 unspecified atom stereocenters. The van der Waals surface area contributed by atoms with E-state index < -0.39 is 16.0 Å². The lowest BCUT2D eigenvalue weighted by molar-refractivity contribution is 0.0606. The Morgan fingerprint density at radius 1 is 1.48 bits per heavy atom. The second-order valence-corrected chi connectivity index (χ2v) is 7.45.